The van der Waals surface area contributed by atoms with Crippen LogP contribution in [0.15, 0.2) is 29.6 Å². The van der Waals surface area contributed by atoms with Crippen molar-refractivity contribution >= 4 is 39.3 Å². The van der Waals surface area contributed by atoms with E-state index in [-0.39, 0.29) is 0 Å². The predicted octanol–water partition coefficient (Wildman–Crippen LogP) is 3.74. The molecule has 0 radical (unpaired) electrons. The Bertz CT molecular complexity index is 485. The van der Waals surface area contributed by atoms with E-state index in [9.17, 15) is 0 Å². The standard InChI is InChI=1S/C11H11ClN2OS/c1-15-10-6-9(7(12)5-8(10)13)14-11-3-2-4-16-11/h2-6,14H,13H2,1H3. The molecule has 0 fully saturated rings. The second-order valence-corrected chi connectivity index (χ2v) is 4.53. The van der Waals surface area contributed by atoms with Crippen LogP contribution in [0.25, 0.3) is 0 Å². The fourth-order valence-corrected chi connectivity index (χ4v) is 2.17. The van der Waals surface area contributed by atoms with E-state index in [0.29, 0.717) is 16.5 Å². The van der Waals surface area contributed by atoms with E-state index in [4.69, 9.17) is 22.1 Å². The van der Waals surface area contributed by atoms with E-state index in [1.165, 1.54) is 0 Å². The third-order valence-electron chi connectivity index (χ3n) is 2.10. The maximum Gasteiger partial charge on any atom is 0.143 e. The minimum Gasteiger partial charge on any atom is -0.495 e. The Labute approximate surface area is 103 Å². The molecule has 1 aromatic heterocycles. The van der Waals surface area contributed by atoms with Gasteiger partial charge < -0.3 is 15.8 Å². The maximum absolute atomic E-state index is 6.08. The number of nitrogens with one attached hydrogen (secondary N) is 1. The Hall–Kier alpha value is -1.39. The Morgan fingerprint density at radius 2 is 2.25 bits per heavy atom. The summed E-state index contributed by atoms with van der Waals surface area (Å²) >= 11 is 7.68. The number of nitrogen functional groups attached to an aromatic ring is 1. The van der Waals surface area contributed by atoms with Crippen molar-refractivity contribution in [3.05, 3.63) is 34.7 Å². The van der Waals surface area contributed by atoms with Crippen LogP contribution in [-0.2, 0) is 0 Å². The van der Waals surface area contributed by atoms with E-state index in [1.807, 2.05) is 17.5 Å². The molecule has 0 amide bonds. The van der Waals surface area contributed by atoms with Crippen molar-refractivity contribution in [1.29, 1.82) is 0 Å². The first kappa shape index (κ1) is 11.1. The first-order valence-electron chi connectivity index (χ1n) is 4.64. The Balaban J connectivity index is 2.33. The fourth-order valence-electron chi connectivity index (χ4n) is 1.32. The molecule has 0 saturated carbocycles. The van der Waals surface area contributed by atoms with Gasteiger partial charge in [-0.1, -0.05) is 11.6 Å². The summed E-state index contributed by atoms with van der Waals surface area (Å²) < 4.78 is 5.14. The molecule has 0 bridgehead atoms. The Morgan fingerprint density at radius 3 is 2.88 bits per heavy atom. The summed E-state index contributed by atoms with van der Waals surface area (Å²) in [4.78, 5) is 0. The summed E-state index contributed by atoms with van der Waals surface area (Å²) in [5.74, 6) is 0.614. The van der Waals surface area contributed by atoms with Gasteiger partial charge in [0.25, 0.3) is 0 Å². The van der Waals surface area contributed by atoms with Crippen LogP contribution in [-0.4, -0.2) is 7.11 Å². The summed E-state index contributed by atoms with van der Waals surface area (Å²) in [5.41, 5.74) is 7.06. The molecule has 84 valence electrons. The van der Waals surface area contributed by atoms with Gasteiger partial charge >= 0.3 is 0 Å². The lowest BCUT2D eigenvalue weighted by Gasteiger charge is -2.10. The minimum absolute atomic E-state index is 0.532. The number of halogens is 1. The number of benzene rings is 1. The molecule has 16 heavy (non-hydrogen) atoms. The fraction of sp³-hybridized carbons (Fsp3) is 0.0909. The van der Waals surface area contributed by atoms with Crippen LogP contribution in [0.4, 0.5) is 16.4 Å². The summed E-state index contributed by atoms with van der Waals surface area (Å²) in [6, 6.07) is 7.41. The van der Waals surface area contributed by atoms with Crippen LogP contribution in [0.2, 0.25) is 5.02 Å². The molecule has 3 N–H and O–H groups in total. The van der Waals surface area contributed by atoms with Gasteiger partial charge in [-0.25, -0.2) is 0 Å². The van der Waals surface area contributed by atoms with Crippen molar-refractivity contribution in [3.8, 4) is 5.75 Å². The largest absolute Gasteiger partial charge is 0.495 e. The van der Waals surface area contributed by atoms with Crippen LogP contribution in [0.1, 0.15) is 0 Å². The second-order valence-electron chi connectivity index (χ2n) is 3.18. The third-order valence-corrected chi connectivity index (χ3v) is 3.20. The summed E-state index contributed by atoms with van der Waals surface area (Å²) in [6.45, 7) is 0. The zero-order valence-corrected chi connectivity index (χ0v) is 10.2. The van der Waals surface area contributed by atoms with E-state index in [0.717, 1.165) is 10.7 Å². The van der Waals surface area contributed by atoms with Crippen molar-refractivity contribution in [3.63, 3.8) is 0 Å². The summed E-state index contributed by atoms with van der Waals surface area (Å²) in [7, 11) is 1.58. The number of anilines is 3. The van der Waals surface area contributed by atoms with Crippen LogP contribution in [0, 0.1) is 0 Å². The first-order chi connectivity index (χ1) is 7.70. The van der Waals surface area contributed by atoms with Gasteiger partial charge in [-0.2, -0.15) is 0 Å². The molecule has 0 aliphatic rings. The Kier molecular flexibility index (Phi) is 3.22. The molecular weight excluding hydrogens is 244 g/mol. The van der Waals surface area contributed by atoms with E-state index >= 15 is 0 Å². The molecule has 1 aromatic carbocycles. The highest BCUT2D eigenvalue weighted by molar-refractivity contribution is 7.14. The van der Waals surface area contributed by atoms with Gasteiger partial charge in [0.2, 0.25) is 0 Å². The second kappa shape index (κ2) is 4.63. The molecule has 0 unspecified atom stereocenters. The molecule has 0 saturated heterocycles. The number of ether oxygens (including phenoxy) is 1. The number of hydrogen-bond donors (Lipinski definition) is 2. The highest BCUT2D eigenvalue weighted by Crippen LogP contribution is 2.35. The van der Waals surface area contributed by atoms with Crippen molar-refractivity contribution in [2.45, 2.75) is 0 Å². The zero-order chi connectivity index (χ0) is 11.5. The molecule has 3 nitrogen and oxygen atoms in total. The highest BCUT2D eigenvalue weighted by atomic mass is 35.5. The molecule has 0 aliphatic carbocycles. The van der Waals surface area contributed by atoms with Crippen LogP contribution < -0.4 is 15.8 Å². The van der Waals surface area contributed by atoms with Crippen molar-refractivity contribution in [2.24, 2.45) is 0 Å². The topological polar surface area (TPSA) is 47.3 Å². The molecule has 2 aromatic rings. The number of nitrogens with two attached hydrogens (primary N) is 1. The van der Waals surface area contributed by atoms with Crippen molar-refractivity contribution in [1.82, 2.24) is 0 Å². The first-order valence-corrected chi connectivity index (χ1v) is 5.90. The molecule has 2 rings (SSSR count). The van der Waals surface area contributed by atoms with Gasteiger partial charge in [0, 0.05) is 6.07 Å². The zero-order valence-electron chi connectivity index (χ0n) is 8.66. The molecule has 0 spiro atoms. The quantitative estimate of drug-likeness (QED) is 0.821. The monoisotopic (exact) mass is 254 g/mol. The van der Waals surface area contributed by atoms with Gasteiger partial charge in [-0.3, -0.25) is 0 Å². The predicted molar refractivity (Wildman–Crippen MR) is 70.0 cm³/mol. The van der Waals surface area contributed by atoms with Crippen molar-refractivity contribution in [2.75, 3.05) is 18.2 Å². The number of hydrogen-bond acceptors (Lipinski definition) is 4. The van der Waals surface area contributed by atoms with Gasteiger partial charge in [0.1, 0.15) is 5.75 Å². The van der Waals surface area contributed by atoms with Crippen LogP contribution in [0.3, 0.4) is 0 Å². The van der Waals surface area contributed by atoms with Crippen LogP contribution in [0.5, 0.6) is 5.75 Å². The van der Waals surface area contributed by atoms with Crippen molar-refractivity contribution < 1.29 is 4.74 Å². The number of methoxy groups -OCH3 is 1. The average Bonchev–Trinajstić information content (AvgIpc) is 2.75. The molecule has 0 atom stereocenters. The lowest BCUT2D eigenvalue weighted by Crippen LogP contribution is -1.95. The van der Waals surface area contributed by atoms with Gasteiger partial charge in [-0.05, 0) is 23.6 Å². The maximum atomic E-state index is 6.08. The van der Waals surface area contributed by atoms with Gasteiger partial charge in [0.15, 0.2) is 0 Å². The molecule has 5 heteroatoms. The van der Waals surface area contributed by atoms with E-state index in [2.05, 4.69) is 5.32 Å². The number of rotatable bonds is 3. The van der Waals surface area contributed by atoms with E-state index in [1.54, 1.807) is 30.6 Å². The molecular formula is C11H11ClN2OS. The smallest absolute Gasteiger partial charge is 0.143 e. The summed E-state index contributed by atoms with van der Waals surface area (Å²) in [6.07, 6.45) is 0. The average molecular weight is 255 g/mol. The minimum atomic E-state index is 0.532. The normalized spacial score (nSPS) is 10.1. The third kappa shape index (κ3) is 2.23. The summed E-state index contributed by atoms with van der Waals surface area (Å²) in [5, 5.41) is 6.79. The van der Waals surface area contributed by atoms with Gasteiger partial charge in [-0.15, -0.1) is 11.3 Å². The van der Waals surface area contributed by atoms with Crippen LogP contribution >= 0.6 is 22.9 Å². The highest BCUT2D eigenvalue weighted by Gasteiger charge is 2.07. The van der Waals surface area contributed by atoms with E-state index < -0.39 is 0 Å². The molecule has 1 heterocycles. The molecule has 0 aliphatic heterocycles. The Morgan fingerprint density at radius 1 is 1.44 bits per heavy atom. The lowest BCUT2D eigenvalue weighted by molar-refractivity contribution is 0.417. The SMILES string of the molecule is COc1cc(Nc2cccs2)c(Cl)cc1N. The number of thiophene rings is 1. The van der Waals surface area contributed by atoms with Gasteiger partial charge in [0.05, 0.1) is 28.5 Å². The lowest BCUT2D eigenvalue weighted by atomic mass is 10.2.